The van der Waals surface area contributed by atoms with Crippen molar-refractivity contribution in [3.8, 4) is 0 Å². The fraction of sp³-hybridized carbons (Fsp3) is 0.417. The lowest BCUT2D eigenvalue weighted by Gasteiger charge is -2.31. The molecule has 7 heteroatoms. The summed E-state index contributed by atoms with van der Waals surface area (Å²) in [6.07, 6.45) is 1.13. The minimum Gasteiger partial charge on any atom is -0.478 e. The minimum atomic E-state index is -3.38. The monoisotopic (exact) mass is 284 g/mol. The number of carbonyl (C=O) groups is 1. The van der Waals surface area contributed by atoms with Crippen LogP contribution < -0.4 is 10.2 Å². The van der Waals surface area contributed by atoms with Crippen LogP contribution in [0, 0.1) is 0 Å². The van der Waals surface area contributed by atoms with Crippen molar-refractivity contribution in [2.75, 3.05) is 37.3 Å². The van der Waals surface area contributed by atoms with E-state index in [1.54, 1.807) is 0 Å². The number of sulfone groups is 1. The van der Waals surface area contributed by atoms with Crippen molar-refractivity contribution in [2.24, 2.45) is 0 Å². The second-order valence-corrected chi connectivity index (χ2v) is 6.48. The van der Waals surface area contributed by atoms with Gasteiger partial charge in [-0.3, -0.25) is 0 Å². The first-order valence-corrected chi connectivity index (χ1v) is 7.82. The lowest BCUT2D eigenvalue weighted by atomic mass is 10.1. The number of hydrogen-bond acceptors (Lipinski definition) is 5. The van der Waals surface area contributed by atoms with E-state index in [9.17, 15) is 13.2 Å². The highest BCUT2D eigenvalue weighted by Crippen LogP contribution is 2.27. The summed E-state index contributed by atoms with van der Waals surface area (Å²) in [5.41, 5.74) is 0.574. The van der Waals surface area contributed by atoms with E-state index in [4.69, 9.17) is 5.11 Å². The van der Waals surface area contributed by atoms with Gasteiger partial charge in [0.1, 0.15) is 0 Å². The molecule has 1 aliphatic heterocycles. The normalized spacial score (nSPS) is 16.4. The molecule has 1 aliphatic rings. The van der Waals surface area contributed by atoms with Gasteiger partial charge in [0.25, 0.3) is 0 Å². The average Bonchev–Trinajstić information content (AvgIpc) is 2.38. The molecule has 1 saturated heterocycles. The molecule has 0 aliphatic carbocycles. The zero-order valence-electron chi connectivity index (χ0n) is 10.6. The number of nitrogens with zero attached hydrogens (tertiary/aromatic N) is 1. The van der Waals surface area contributed by atoms with Crippen LogP contribution in [-0.4, -0.2) is 51.9 Å². The van der Waals surface area contributed by atoms with Gasteiger partial charge in [0.15, 0.2) is 9.84 Å². The van der Waals surface area contributed by atoms with Crippen molar-refractivity contribution in [3.63, 3.8) is 0 Å². The van der Waals surface area contributed by atoms with E-state index in [1.807, 2.05) is 4.90 Å². The fourth-order valence-electron chi connectivity index (χ4n) is 2.12. The molecule has 0 bridgehead atoms. The van der Waals surface area contributed by atoms with E-state index in [2.05, 4.69) is 5.32 Å². The molecule has 2 N–H and O–H groups in total. The summed E-state index contributed by atoms with van der Waals surface area (Å²) in [5.74, 6) is -1.06. The van der Waals surface area contributed by atoms with Crippen LogP contribution in [0.2, 0.25) is 0 Å². The maximum Gasteiger partial charge on any atom is 0.335 e. The van der Waals surface area contributed by atoms with Crippen molar-refractivity contribution in [1.82, 2.24) is 5.32 Å². The molecule has 0 saturated carbocycles. The van der Waals surface area contributed by atoms with E-state index in [1.165, 1.54) is 18.2 Å². The van der Waals surface area contributed by atoms with Gasteiger partial charge in [0.05, 0.1) is 16.1 Å². The highest BCUT2D eigenvalue weighted by atomic mass is 32.2. The quantitative estimate of drug-likeness (QED) is 0.824. The third kappa shape index (κ3) is 3.05. The lowest BCUT2D eigenvalue weighted by molar-refractivity contribution is 0.0697. The van der Waals surface area contributed by atoms with Crippen LogP contribution >= 0.6 is 0 Å². The van der Waals surface area contributed by atoms with Crippen molar-refractivity contribution in [1.29, 1.82) is 0 Å². The van der Waals surface area contributed by atoms with Crippen LogP contribution in [0.4, 0.5) is 5.69 Å². The van der Waals surface area contributed by atoms with Gasteiger partial charge in [0, 0.05) is 32.4 Å². The van der Waals surface area contributed by atoms with Crippen LogP contribution in [-0.2, 0) is 9.84 Å². The predicted octanol–water partition coefficient (Wildman–Crippen LogP) is 0.198. The average molecular weight is 284 g/mol. The maximum atomic E-state index is 11.8. The molecule has 0 aromatic heterocycles. The molecule has 0 unspecified atom stereocenters. The summed E-state index contributed by atoms with van der Waals surface area (Å²) in [4.78, 5) is 13.1. The number of carboxylic acids is 1. The van der Waals surface area contributed by atoms with Crippen molar-refractivity contribution in [2.45, 2.75) is 4.90 Å². The van der Waals surface area contributed by atoms with Crippen molar-refractivity contribution >= 4 is 21.5 Å². The largest absolute Gasteiger partial charge is 0.478 e. The molecule has 1 fully saturated rings. The smallest absolute Gasteiger partial charge is 0.335 e. The van der Waals surface area contributed by atoms with Gasteiger partial charge in [-0.15, -0.1) is 0 Å². The number of anilines is 1. The number of piperazine rings is 1. The Bertz CT molecular complexity index is 592. The van der Waals surface area contributed by atoms with Gasteiger partial charge in [-0.05, 0) is 18.2 Å². The first-order chi connectivity index (χ1) is 8.89. The van der Waals surface area contributed by atoms with E-state index >= 15 is 0 Å². The molecule has 0 amide bonds. The fourth-order valence-corrected chi connectivity index (χ4v) is 3.00. The summed E-state index contributed by atoms with van der Waals surface area (Å²) in [5, 5.41) is 12.2. The molecular weight excluding hydrogens is 268 g/mol. The van der Waals surface area contributed by atoms with Crippen LogP contribution in [0.25, 0.3) is 0 Å². The highest BCUT2D eigenvalue weighted by Gasteiger charge is 2.21. The van der Waals surface area contributed by atoms with Gasteiger partial charge < -0.3 is 15.3 Å². The second kappa shape index (κ2) is 5.18. The van der Waals surface area contributed by atoms with E-state index in [0.29, 0.717) is 18.8 Å². The first kappa shape index (κ1) is 13.8. The van der Waals surface area contributed by atoms with E-state index < -0.39 is 15.8 Å². The summed E-state index contributed by atoms with van der Waals surface area (Å²) >= 11 is 0. The van der Waals surface area contributed by atoms with Gasteiger partial charge >= 0.3 is 5.97 Å². The Morgan fingerprint density at radius 3 is 2.47 bits per heavy atom. The molecule has 104 valence electrons. The zero-order chi connectivity index (χ0) is 14.0. The van der Waals surface area contributed by atoms with Gasteiger partial charge in [-0.2, -0.15) is 0 Å². The molecule has 0 atom stereocenters. The summed E-state index contributed by atoms with van der Waals surface area (Å²) in [6, 6.07) is 4.13. The molecule has 1 aromatic carbocycles. The standard InChI is InChI=1S/C12H16N2O4S/c1-19(17,18)11-3-2-9(12(15)16)8-10(11)14-6-4-13-5-7-14/h2-3,8,13H,4-7H2,1H3,(H,15,16). The van der Waals surface area contributed by atoms with Gasteiger partial charge in [-0.25, -0.2) is 13.2 Å². The number of rotatable bonds is 3. The molecule has 1 aromatic rings. The number of benzene rings is 1. The van der Waals surface area contributed by atoms with Crippen molar-refractivity contribution < 1.29 is 18.3 Å². The van der Waals surface area contributed by atoms with Crippen LogP contribution in [0.1, 0.15) is 10.4 Å². The minimum absolute atomic E-state index is 0.0981. The maximum absolute atomic E-state index is 11.8. The topological polar surface area (TPSA) is 86.7 Å². The van der Waals surface area contributed by atoms with Crippen LogP contribution in [0.5, 0.6) is 0 Å². The summed E-state index contributed by atoms with van der Waals surface area (Å²) in [7, 11) is -3.38. The third-order valence-electron chi connectivity index (χ3n) is 3.06. The van der Waals surface area contributed by atoms with Crippen molar-refractivity contribution in [3.05, 3.63) is 23.8 Å². The Morgan fingerprint density at radius 1 is 1.32 bits per heavy atom. The number of hydrogen-bond donors (Lipinski definition) is 2. The summed E-state index contributed by atoms with van der Waals surface area (Å²) < 4.78 is 23.6. The Kier molecular flexibility index (Phi) is 3.77. The molecular formula is C12H16N2O4S. The zero-order valence-corrected chi connectivity index (χ0v) is 11.4. The highest BCUT2D eigenvalue weighted by molar-refractivity contribution is 7.90. The Balaban J connectivity index is 2.52. The predicted molar refractivity (Wildman–Crippen MR) is 71.6 cm³/mol. The molecule has 19 heavy (non-hydrogen) atoms. The summed E-state index contributed by atoms with van der Waals surface area (Å²) in [6.45, 7) is 2.82. The second-order valence-electron chi connectivity index (χ2n) is 4.50. The Hall–Kier alpha value is -1.60. The number of aromatic carboxylic acids is 1. The molecule has 0 spiro atoms. The molecule has 6 nitrogen and oxygen atoms in total. The van der Waals surface area contributed by atoms with Crippen LogP contribution in [0.15, 0.2) is 23.1 Å². The lowest BCUT2D eigenvalue weighted by Crippen LogP contribution is -2.44. The molecule has 0 radical (unpaired) electrons. The van der Waals surface area contributed by atoms with E-state index in [0.717, 1.165) is 19.3 Å². The Labute approximate surface area is 112 Å². The van der Waals surface area contributed by atoms with Gasteiger partial charge in [-0.1, -0.05) is 0 Å². The Morgan fingerprint density at radius 2 is 1.95 bits per heavy atom. The van der Waals surface area contributed by atoms with Crippen LogP contribution in [0.3, 0.4) is 0 Å². The third-order valence-corrected chi connectivity index (χ3v) is 4.21. The first-order valence-electron chi connectivity index (χ1n) is 5.92. The van der Waals surface area contributed by atoms with E-state index in [-0.39, 0.29) is 10.5 Å². The number of carboxylic acid groups (broad SMARTS) is 1. The van der Waals surface area contributed by atoms with Gasteiger partial charge in [0.2, 0.25) is 0 Å². The molecule has 2 rings (SSSR count). The number of nitrogens with one attached hydrogen (secondary N) is 1. The SMILES string of the molecule is CS(=O)(=O)c1ccc(C(=O)O)cc1N1CCNCC1. The molecule has 1 heterocycles.